The predicted molar refractivity (Wildman–Crippen MR) is 83.9 cm³/mol. The number of nitrogens with zero attached hydrogens (tertiary/aromatic N) is 2. The molecule has 0 saturated carbocycles. The van der Waals surface area contributed by atoms with E-state index in [1.807, 2.05) is 6.92 Å². The number of carbonyl (C=O) groups excluding carboxylic acids is 3. The Morgan fingerprint density at radius 1 is 1.39 bits per heavy atom. The van der Waals surface area contributed by atoms with Crippen molar-refractivity contribution in [3.05, 3.63) is 29.8 Å². The van der Waals surface area contributed by atoms with E-state index in [2.05, 4.69) is 10.6 Å². The first-order valence-electron chi connectivity index (χ1n) is 7.45. The molecule has 0 aromatic heterocycles. The number of Topliss-reactive ketones (excluding diaryl/α,β-unsaturated/α-hetero) is 1. The Hall–Kier alpha value is -2.88. The van der Waals surface area contributed by atoms with Gasteiger partial charge in [0.25, 0.3) is 0 Å². The van der Waals surface area contributed by atoms with Crippen molar-refractivity contribution in [3.8, 4) is 6.07 Å². The normalized spacial score (nSPS) is 14.8. The maximum Gasteiger partial charge on any atom is 0.321 e. The van der Waals surface area contributed by atoms with Gasteiger partial charge in [0.2, 0.25) is 5.91 Å². The molecule has 1 aromatic rings. The number of urea groups is 1. The zero-order chi connectivity index (χ0) is 16.8. The fourth-order valence-corrected chi connectivity index (χ4v) is 2.28. The van der Waals surface area contributed by atoms with Crippen LogP contribution in [0.15, 0.2) is 24.3 Å². The van der Waals surface area contributed by atoms with Crippen LogP contribution in [0.25, 0.3) is 0 Å². The minimum absolute atomic E-state index is 0.182. The second kappa shape index (κ2) is 7.40. The van der Waals surface area contributed by atoms with Gasteiger partial charge >= 0.3 is 6.03 Å². The Kier molecular flexibility index (Phi) is 5.31. The Balaban J connectivity index is 2.11. The Labute approximate surface area is 134 Å². The molecule has 7 heteroatoms. The SMILES string of the molecule is CCCNC(=O)C(C#N)C(=O)c1ccc(N2CCNC2=O)cc1. The highest BCUT2D eigenvalue weighted by Crippen LogP contribution is 2.19. The van der Waals surface area contributed by atoms with Crippen LogP contribution in [-0.2, 0) is 4.79 Å². The molecule has 0 aliphatic carbocycles. The summed E-state index contributed by atoms with van der Waals surface area (Å²) in [5.41, 5.74) is 0.937. The van der Waals surface area contributed by atoms with Gasteiger partial charge in [-0.1, -0.05) is 6.92 Å². The zero-order valence-corrected chi connectivity index (χ0v) is 12.8. The van der Waals surface area contributed by atoms with Gasteiger partial charge < -0.3 is 10.6 Å². The zero-order valence-electron chi connectivity index (χ0n) is 12.8. The van der Waals surface area contributed by atoms with Crippen molar-refractivity contribution in [2.45, 2.75) is 13.3 Å². The summed E-state index contributed by atoms with van der Waals surface area (Å²) >= 11 is 0. The number of carbonyl (C=O) groups is 3. The van der Waals surface area contributed by atoms with Crippen LogP contribution in [0.4, 0.5) is 10.5 Å². The number of nitriles is 1. The Bertz CT molecular complexity index is 648. The van der Waals surface area contributed by atoms with Crippen molar-refractivity contribution in [1.29, 1.82) is 5.26 Å². The topological polar surface area (TPSA) is 102 Å². The van der Waals surface area contributed by atoms with E-state index in [-0.39, 0.29) is 11.6 Å². The summed E-state index contributed by atoms with van der Waals surface area (Å²) in [5, 5.41) is 14.3. The van der Waals surface area contributed by atoms with Gasteiger partial charge in [0.05, 0.1) is 6.07 Å². The van der Waals surface area contributed by atoms with Gasteiger partial charge in [-0.15, -0.1) is 0 Å². The van der Waals surface area contributed by atoms with Crippen LogP contribution >= 0.6 is 0 Å². The summed E-state index contributed by atoms with van der Waals surface area (Å²) in [6, 6.07) is 7.89. The van der Waals surface area contributed by atoms with E-state index in [1.54, 1.807) is 23.1 Å². The molecule has 1 aromatic carbocycles. The Morgan fingerprint density at radius 3 is 2.61 bits per heavy atom. The lowest BCUT2D eigenvalue weighted by molar-refractivity contribution is -0.122. The number of benzene rings is 1. The summed E-state index contributed by atoms with van der Waals surface area (Å²) < 4.78 is 0. The second-order valence-electron chi connectivity index (χ2n) is 5.15. The number of rotatable bonds is 6. The number of amides is 3. The summed E-state index contributed by atoms with van der Waals surface area (Å²) in [6.07, 6.45) is 0.727. The van der Waals surface area contributed by atoms with Gasteiger partial charge in [-0.2, -0.15) is 5.26 Å². The van der Waals surface area contributed by atoms with E-state index in [9.17, 15) is 14.4 Å². The standard InChI is InChI=1S/C16H18N4O3/c1-2-7-18-15(22)13(10-17)14(21)11-3-5-12(6-4-11)20-9-8-19-16(20)23/h3-6,13H,2,7-9H2,1H3,(H,18,22)(H,19,23). The van der Waals surface area contributed by atoms with Crippen molar-refractivity contribution in [2.24, 2.45) is 5.92 Å². The lowest BCUT2D eigenvalue weighted by Gasteiger charge is -2.15. The third kappa shape index (κ3) is 3.66. The molecule has 1 fully saturated rings. The predicted octanol–water partition coefficient (Wildman–Crippen LogP) is 1.06. The summed E-state index contributed by atoms with van der Waals surface area (Å²) in [7, 11) is 0. The molecule has 2 N–H and O–H groups in total. The first kappa shape index (κ1) is 16.5. The van der Waals surface area contributed by atoms with Crippen molar-refractivity contribution in [3.63, 3.8) is 0 Å². The van der Waals surface area contributed by atoms with E-state index in [4.69, 9.17) is 5.26 Å². The van der Waals surface area contributed by atoms with Crippen LogP contribution in [0.3, 0.4) is 0 Å². The maximum absolute atomic E-state index is 12.3. The molecule has 120 valence electrons. The van der Waals surface area contributed by atoms with E-state index in [0.29, 0.717) is 25.3 Å². The molecule has 3 amide bonds. The first-order chi connectivity index (χ1) is 11.1. The van der Waals surface area contributed by atoms with Crippen molar-refractivity contribution in [1.82, 2.24) is 10.6 Å². The van der Waals surface area contributed by atoms with Crippen molar-refractivity contribution in [2.75, 3.05) is 24.5 Å². The van der Waals surface area contributed by atoms with E-state index in [0.717, 1.165) is 6.42 Å². The van der Waals surface area contributed by atoms with E-state index >= 15 is 0 Å². The minimum Gasteiger partial charge on any atom is -0.355 e. The second-order valence-corrected chi connectivity index (χ2v) is 5.15. The molecule has 1 saturated heterocycles. The van der Waals surface area contributed by atoms with Crippen molar-refractivity contribution >= 4 is 23.4 Å². The van der Waals surface area contributed by atoms with Gasteiger partial charge in [0.15, 0.2) is 11.7 Å². The molecule has 7 nitrogen and oxygen atoms in total. The number of nitrogens with one attached hydrogen (secondary N) is 2. The van der Waals surface area contributed by atoms with E-state index < -0.39 is 17.6 Å². The number of hydrogen-bond acceptors (Lipinski definition) is 4. The number of ketones is 1. The van der Waals surface area contributed by atoms with Gasteiger partial charge in [0, 0.05) is 30.9 Å². The minimum atomic E-state index is -1.36. The molecule has 0 spiro atoms. The Morgan fingerprint density at radius 2 is 2.09 bits per heavy atom. The van der Waals surface area contributed by atoms with Gasteiger partial charge in [-0.3, -0.25) is 14.5 Å². The highest BCUT2D eigenvalue weighted by atomic mass is 16.2. The molecule has 1 atom stereocenters. The van der Waals surface area contributed by atoms with Crippen LogP contribution in [0.2, 0.25) is 0 Å². The van der Waals surface area contributed by atoms with Crippen LogP contribution < -0.4 is 15.5 Å². The first-order valence-corrected chi connectivity index (χ1v) is 7.45. The molecule has 2 rings (SSSR count). The molecule has 1 aliphatic heterocycles. The molecule has 1 unspecified atom stereocenters. The molecule has 1 aliphatic rings. The summed E-state index contributed by atoms with van der Waals surface area (Å²) in [5.74, 6) is -2.48. The van der Waals surface area contributed by atoms with Crippen LogP contribution in [0.1, 0.15) is 23.7 Å². The average molecular weight is 314 g/mol. The number of hydrogen-bond donors (Lipinski definition) is 2. The highest BCUT2D eigenvalue weighted by molar-refractivity contribution is 6.12. The molecule has 23 heavy (non-hydrogen) atoms. The number of anilines is 1. The molecular formula is C16H18N4O3. The quantitative estimate of drug-likeness (QED) is 0.605. The fourth-order valence-electron chi connectivity index (χ4n) is 2.28. The highest BCUT2D eigenvalue weighted by Gasteiger charge is 2.27. The molecule has 0 bridgehead atoms. The van der Waals surface area contributed by atoms with E-state index in [1.165, 1.54) is 12.1 Å². The third-order valence-corrected chi connectivity index (χ3v) is 3.52. The third-order valence-electron chi connectivity index (χ3n) is 3.52. The largest absolute Gasteiger partial charge is 0.355 e. The maximum atomic E-state index is 12.3. The fraction of sp³-hybridized carbons (Fsp3) is 0.375. The summed E-state index contributed by atoms with van der Waals surface area (Å²) in [6.45, 7) is 3.45. The summed E-state index contributed by atoms with van der Waals surface area (Å²) in [4.78, 5) is 37.3. The monoisotopic (exact) mass is 314 g/mol. The van der Waals surface area contributed by atoms with Crippen LogP contribution in [0, 0.1) is 17.2 Å². The molecular weight excluding hydrogens is 296 g/mol. The van der Waals surface area contributed by atoms with Gasteiger partial charge in [-0.25, -0.2) is 4.79 Å². The lowest BCUT2D eigenvalue weighted by Crippen LogP contribution is -2.35. The van der Waals surface area contributed by atoms with Crippen LogP contribution in [0.5, 0.6) is 0 Å². The smallest absolute Gasteiger partial charge is 0.321 e. The lowest BCUT2D eigenvalue weighted by atomic mass is 9.97. The molecule has 1 heterocycles. The van der Waals surface area contributed by atoms with Gasteiger partial charge in [-0.05, 0) is 30.7 Å². The molecule has 0 radical (unpaired) electrons. The van der Waals surface area contributed by atoms with Crippen molar-refractivity contribution < 1.29 is 14.4 Å². The van der Waals surface area contributed by atoms with Gasteiger partial charge in [0.1, 0.15) is 0 Å². The average Bonchev–Trinajstić information content (AvgIpc) is 2.99. The van der Waals surface area contributed by atoms with Crippen LogP contribution in [-0.4, -0.2) is 37.4 Å².